The van der Waals surface area contributed by atoms with Crippen molar-refractivity contribution in [2.45, 2.75) is 26.1 Å². The molecule has 2 amide bonds. The number of phenolic OH excluding ortho intramolecular Hbond substituents is 2. The number of aliphatic imine (C=N–C) groups is 1. The van der Waals surface area contributed by atoms with E-state index in [-0.39, 0.29) is 47.2 Å². The molecular formula is C24H24F3N7O5. The van der Waals surface area contributed by atoms with E-state index < -0.39 is 35.2 Å². The van der Waals surface area contributed by atoms with Gasteiger partial charge in [0.1, 0.15) is 22.9 Å². The van der Waals surface area contributed by atoms with Crippen LogP contribution in [0.3, 0.4) is 0 Å². The number of rotatable bonds is 9. The number of anilines is 1. The third kappa shape index (κ3) is 6.82. The highest BCUT2D eigenvalue weighted by atomic mass is 19.4. The minimum Gasteiger partial charge on any atom is -0.508 e. The fourth-order valence-corrected chi connectivity index (χ4v) is 3.33. The van der Waals surface area contributed by atoms with Crippen molar-refractivity contribution in [3.63, 3.8) is 0 Å². The lowest BCUT2D eigenvalue weighted by Crippen LogP contribution is -2.25. The van der Waals surface area contributed by atoms with Gasteiger partial charge in [-0.2, -0.15) is 18.3 Å². The van der Waals surface area contributed by atoms with Crippen molar-refractivity contribution in [2.75, 3.05) is 12.4 Å². The summed E-state index contributed by atoms with van der Waals surface area (Å²) in [5, 5.41) is 41.3. The van der Waals surface area contributed by atoms with Crippen LogP contribution < -0.4 is 16.0 Å². The van der Waals surface area contributed by atoms with E-state index in [9.17, 15) is 38.1 Å². The summed E-state index contributed by atoms with van der Waals surface area (Å²) in [6.07, 6.45) is -1.33. The van der Waals surface area contributed by atoms with Crippen molar-refractivity contribution in [1.82, 2.24) is 25.4 Å². The van der Waals surface area contributed by atoms with Gasteiger partial charge in [0.05, 0.1) is 29.8 Å². The lowest BCUT2D eigenvalue weighted by atomic mass is 10.1. The molecule has 2 aromatic heterocycles. The van der Waals surface area contributed by atoms with E-state index >= 15 is 0 Å². The number of hydrogen-bond donors (Lipinski definition) is 6. The number of aromatic nitrogens is 3. The Labute approximate surface area is 219 Å². The lowest BCUT2D eigenvalue weighted by Gasteiger charge is -2.13. The van der Waals surface area contributed by atoms with Gasteiger partial charge in [-0.15, -0.1) is 0 Å². The molecule has 0 atom stereocenters. The first-order valence-electron chi connectivity index (χ1n) is 11.3. The number of nitrogens with one attached hydrogen (secondary N) is 3. The van der Waals surface area contributed by atoms with Gasteiger partial charge in [0.2, 0.25) is 0 Å². The maximum atomic E-state index is 13.3. The standard InChI is InChI=1S/C24H24F3N7O5/c1-3-5-19(24(25,26)27)31-12-29-11-13-8-16(34(33-13)21-17(36)6-4-7-30-21)23(39)32-20-15(22(38)28-2)9-14(35)10-18(20)37/h4-10,12,35-37H,3,11H2,1-2H3,(H,28,38)(H,29,31)(H,32,39). The van der Waals surface area contributed by atoms with E-state index in [4.69, 9.17) is 0 Å². The number of alkyl halides is 3. The van der Waals surface area contributed by atoms with Gasteiger partial charge in [0.15, 0.2) is 11.6 Å². The van der Waals surface area contributed by atoms with Gasteiger partial charge in [-0.05, 0) is 30.7 Å². The van der Waals surface area contributed by atoms with Crippen LogP contribution in [0.15, 0.2) is 53.3 Å². The predicted octanol–water partition coefficient (Wildman–Crippen LogP) is 2.97. The number of benzene rings is 1. The van der Waals surface area contributed by atoms with E-state index in [1.165, 1.54) is 31.4 Å². The second kappa shape index (κ2) is 12.0. The smallest absolute Gasteiger partial charge is 0.430 e. The second-order valence-corrected chi connectivity index (χ2v) is 7.84. The molecular weight excluding hydrogens is 523 g/mol. The van der Waals surface area contributed by atoms with Crippen LogP contribution in [0.25, 0.3) is 5.82 Å². The van der Waals surface area contributed by atoms with Crippen LogP contribution in [-0.4, -0.2) is 61.5 Å². The molecule has 39 heavy (non-hydrogen) atoms. The number of halogens is 3. The molecule has 0 aliphatic carbocycles. The van der Waals surface area contributed by atoms with Gasteiger partial charge in [0, 0.05) is 19.3 Å². The van der Waals surface area contributed by atoms with Crippen LogP contribution in [-0.2, 0) is 6.54 Å². The molecule has 0 saturated heterocycles. The van der Waals surface area contributed by atoms with Crippen molar-refractivity contribution in [3.05, 3.63) is 65.3 Å². The Balaban J connectivity index is 1.96. The lowest BCUT2D eigenvalue weighted by molar-refractivity contribution is -0.0949. The first-order valence-corrected chi connectivity index (χ1v) is 11.3. The Kier molecular flexibility index (Phi) is 8.75. The van der Waals surface area contributed by atoms with Gasteiger partial charge < -0.3 is 31.3 Å². The molecule has 206 valence electrons. The van der Waals surface area contributed by atoms with E-state index in [1.807, 2.05) is 0 Å². The number of hydrogen-bond acceptors (Lipinski definition) is 8. The van der Waals surface area contributed by atoms with Crippen molar-refractivity contribution in [1.29, 1.82) is 0 Å². The molecule has 0 bridgehead atoms. The Morgan fingerprint density at radius 1 is 1.13 bits per heavy atom. The Bertz CT molecular complexity index is 1430. The number of carbonyl (C=O) groups excluding carboxylic acids is 2. The van der Waals surface area contributed by atoms with Crippen molar-refractivity contribution < 1.29 is 38.1 Å². The first-order chi connectivity index (χ1) is 18.5. The molecule has 3 aromatic rings. The highest BCUT2D eigenvalue weighted by Crippen LogP contribution is 2.33. The Hall–Kier alpha value is -5.08. The molecule has 0 saturated carbocycles. The maximum Gasteiger partial charge on any atom is 0.430 e. The van der Waals surface area contributed by atoms with Gasteiger partial charge in [-0.3, -0.25) is 14.6 Å². The number of phenols is 2. The quantitative estimate of drug-likeness (QED) is 0.103. The van der Waals surface area contributed by atoms with E-state index in [1.54, 1.807) is 6.92 Å². The number of carbonyl (C=O) groups is 2. The molecule has 3 rings (SSSR count). The third-order valence-electron chi connectivity index (χ3n) is 5.05. The summed E-state index contributed by atoms with van der Waals surface area (Å²) in [6, 6.07) is 5.92. The summed E-state index contributed by atoms with van der Waals surface area (Å²) < 4.78 is 40.0. The number of amides is 2. The molecule has 0 radical (unpaired) electrons. The molecule has 6 N–H and O–H groups in total. The molecule has 0 spiro atoms. The summed E-state index contributed by atoms with van der Waals surface area (Å²) in [7, 11) is 1.31. The van der Waals surface area contributed by atoms with Gasteiger partial charge in [0.25, 0.3) is 11.8 Å². The zero-order valence-corrected chi connectivity index (χ0v) is 20.6. The van der Waals surface area contributed by atoms with Gasteiger partial charge in [-0.1, -0.05) is 13.0 Å². The summed E-state index contributed by atoms with van der Waals surface area (Å²) in [5.74, 6) is -3.15. The number of allylic oxidation sites excluding steroid dienone is 2. The molecule has 0 aliphatic rings. The Morgan fingerprint density at radius 3 is 2.51 bits per heavy atom. The highest BCUT2D eigenvalue weighted by Gasteiger charge is 2.33. The van der Waals surface area contributed by atoms with E-state index in [0.29, 0.717) is 0 Å². The summed E-state index contributed by atoms with van der Waals surface area (Å²) >= 11 is 0. The summed E-state index contributed by atoms with van der Waals surface area (Å²) in [4.78, 5) is 33.4. The van der Waals surface area contributed by atoms with Crippen molar-refractivity contribution in [3.8, 4) is 23.1 Å². The average Bonchev–Trinajstić information content (AvgIpc) is 3.30. The number of aromatic hydroxyl groups is 3. The van der Waals surface area contributed by atoms with E-state index in [0.717, 1.165) is 29.2 Å². The van der Waals surface area contributed by atoms with Crippen molar-refractivity contribution >= 4 is 23.8 Å². The maximum absolute atomic E-state index is 13.3. The average molecular weight is 547 g/mol. The fourth-order valence-electron chi connectivity index (χ4n) is 3.33. The molecule has 15 heteroatoms. The normalized spacial score (nSPS) is 12.0. The number of pyridine rings is 1. The molecule has 2 heterocycles. The topological polar surface area (TPSA) is 174 Å². The molecule has 1 aromatic carbocycles. The van der Waals surface area contributed by atoms with Gasteiger partial charge >= 0.3 is 6.18 Å². The van der Waals surface area contributed by atoms with Crippen LogP contribution in [0, 0.1) is 0 Å². The minimum absolute atomic E-state index is 0.109. The van der Waals surface area contributed by atoms with Crippen LogP contribution in [0.2, 0.25) is 0 Å². The first kappa shape index (κ1) is 28.5. The number of nitrogens with zero attached hydrogens (tertiary/aromatic N) is 4. The zero-order valence-electron chi connectivity index (χ0n) is 20.6. The monoisotopic (exact) mass is 547 g/mol. The second-order valence-electron chi connectivity index (χ2n) is 7.84. The SMILES string of the molecule is CCC=C(NC=NCc1cc(C(=O)Nc2c(O)cc(O)cc2C(=O)NC)n(-c2ncccc2O)n1)C(F)(F)F. The Morgan fingerprint density at radius 2 is 1.87 bits per heavy atom. The molecule has 12 nitrogen and oxygen atoms in total. The van der Waals surface area contributed by atoms with Crippen LogP contribution in [0.5, 0.6) is 17.2 Å². The molecule has 0 fully saturated rings. The summed E-state index contributed by atoms with van der Waals surface area (Å²) in [5.41, 5.74) is -1.66. The van der Waals surface area contributed by atoms with Crippen LogP contribution in [0.1, 0.15) is 39.9 Å². The highest BCUT2D eigenvalue weighted by molar-refractivity contribution is 6.10. The summed E-state index contributed by atoms with van der Waals surface area (Å²) in [6.45, 7) is 1.28. The zero-order chi connectivity index (χ0) is 28.7. The minimum atomic E-state index is -4.60. The largest absolute Gasteiger partial charge is 0.508 e. The van der Waals surface area contributed by atoms with Gasteiger partial charge in [-0.25, -0.2) is 9.67 Å². The third-order valence-corrected chi connectivity index (χ3v) is 5.05. The fraction of sp³-hybridized carbons (Fsp3) is 0.208. The van der Waals surface area contributed by atoms with Crippen LogP contribution in [0.4, 0.5) is 18.9 Å². The predicted molar refractivity (Wildman–Crippen MR) is 134 cm³/mol. The molecule has 0 unspecified atom stereocenters. The van der Waals surface area contributed by atoms with E-state index in [2.05, 4.69) is 31.0 Å². The molecule has 0 aliphatic heterocycles. The van der Waals surface area contributed by atoms with Crippen molar-refractivity contribution in [2.24, 2.45) is 4.99 Å². The van der Waals surface area contributed by atoms with Crippen LogP contribution >= 0.6 is 0 Å².